The topological polar surface area (TPSA) is 46.2 Å². The van der Waals surface area contributed by atoms with Gasteiger partial charge < -0.3 is 10.8 Å². The molecule has 1 unspecified atom stereocenters. The zero-order valence-electron chi connectivity index (χ0n) is 11.1. The van der Waals surface area contributed by atoms with Crippen LogP contribution in [0.2, 0.25) is 0 Å². The Bertz CT molecular complexity index is 439. The van der Waals surface area contributed by atoms with Crippen LogP contribution in [0.25, 0.3) is 0 Å². The number of halogens is 5. The monoisotopic (exact) mass is 315 g/mol. The molecule has 0 aliphatic carbocycles. The van der Waals surface area contributed by atoms with Crippen LogP contribution in [0.4, 0.5) is 17.6 Å². The minimum Gasteiger partial charge on any atom is -0.391 e. The maximum atomic E-state index is 13.7. The van der Waals surface area contributed by atoms with Crippen LogP contribution >= 0.6 is 12.4 Å². The summed E-state index contributed by atoms with van der Waals surface area (Å²) in [5.74, 6) is -1.37. The second-order valence-corrected chi connectivity index (χ2v) is 4.60. The second-order valence-electron chi connectivity index (χ2n) is 4.60. The van der Waals surface area contributed by atoms with Crippen molar-refractivity contribution in [3.8, 4) is 0 Å². The van der Waals surface area contributed by atoms with Gasteiger partial charge in [-0.15, -0.1) is 12.4 Å². The molecule has 0 amide bonds. The van der Waals surface area contributed by atoms with Gasteiger partial charge in [0.25, 0.3) is 0 Å². The fourth-order valence-corrected chi connectivity index (χ4v) is 1.89. The van der Waals surface area contributed by atoms with E-state index in [4.69, 9.17) is 5.73 Å². The molecule has 0 aliphatic heterocycles. The molecule has 7 heteroatoms. The fraction of sp³-hybridized carbons (Fsp3) is 0.538. The number of hydrogen-bond donors (Lipinski definition) is 2. The summed E-state index contributed by atoms with van der Waals surface area (Å²) in [4.78, 5) is 0. The third kappa shape index (κ3) is 4.07. The number of nitrogens with two attached hydrogens (primary N) is 1. The molecule has 20 heavy (non-hydrogen) atoms. The Morgan fingerprint density at radius 3 is 2.30 bits per heavy atom. The molecule has 1 aromatic rings. The van der Waals surface area contributed by atoms with Gasteiger partial charge in [-0.1, -0.05) is 26.3 Å². The first-order valence-electron chi connectivity index (χ1n) is 5.99. The highest BCUT2D eigenvalue weighted by atomic mass is 35.5. The van der Waals surface area contributed by atoms with Gasteiger partial charge in [-0.05, 0) is 18.1 Å². The van der Waals surface area contributed by atoms with E-state index >= 15 is 0 Å². The smallest absolute Gasteiger partial charge is 0.391 e. The van der Waals surface area contributed by atoms with Crippen LogP contribution in [0.3, 0.4) is 0 Å². The Balaban J connectivity index is 0.00000361. The minimum absolute atomic E-state index is 0. The van der Waals surface area contributed by atoms with Crippen LogP contribution in [0.15, 0.2) is 18.2 Å². The van der Waals surface area contributed by atoms with Crippen molar-refractivity contribution in [3.63, 3.8) is 0 Å². The Kier molecular flexibility index (Phi) is 6.93. The normalized spacial score (nSPS) is 16.2. The lowest BCUT2D eigenvalue weighted by atomic mass is 9.89. The zero-order chi connectivity index (χ0) is 14.8. The van der Waals surface area contributed by atoms with Gasteiger partial charge in [-0.3, -0.25) is 0 Å². The zero-order valence-corrected chi connectivity index (χ0v) is 11.9. The Labute approximate surface area is 121 Å². The second kappa shape index (κ2) is 7.24. The van der Waals surface area contributed by atoms with Gasteiger partial charge in [-0.25, -0.2) is 4.39 Å². The van der Waals surface area contributed by atoms with Crippen molar-refractivity contribution in [2.75, 3.05) is 0 Å². The summed E-state index contributed by atoms with van der Waals surface area (Å²) in [5.41, 5.74) is 3.81. The van der Waals surface area contributed by atoms with Crippen LogP contribution in [-0.4, -0.2) is 11.2 Å². The first kappa shape index (κ1) is 19.1. The van der Waals surface area contributed by atoms with E-state index in [-0.39, 0.29) is 18.3 Å². The number of aliphatic hydroxyl groups excluding tert-OH is 1. The fourth-order valence-electron chi connectivity index (χ4n) is 1.89. The van der Waals surface area contributed by atoms with Crippen LogP contribution in [0, 0.1) is 11.7 Å². The van der Waals surface area contributed by atoms with Crippen LogP contribution < -0.4 is 5.73 Å². The molecule has 116 valence electrons. The predicted octanol–water partition coefficient (Wildman–Crippen LogP) is 3.67. The summed E-state index contributed by atoms with van der Waals surface area (Å²) in [6.07, 6.45) is -5.41. The summed E-state index contributed by atoms with van der Waals surface area (Å²) >= 11 is 0. The molecule has 1 rings (SSSR count). The minimum atomic E-state index is -4.70. The van der Waals surface area contributed by atoms with E-state index in [0.717, 1.165) is 18.2 Å². The lowest BCUT2D eigenvalue weighted by Gasteiger charge is -2.26. The van der Waals surface area contributed by atoms with Gasteiger partial charge in [0.2, 0.25) is 0 Å². The van der Waals surface area contributed by atoms with E-state index in [0.29, 0.717) is 6.42 Å². The van der Waals surface area contributed by atoms with E-state index < -0.39 is 35.3 Å². The number of rotatable bonds is 4. The third-order valence-electron chi connectivity index (χ3n) is 3.29. The number of hydrogen-bond acceptors (Lipinski definition) is 2. The molecule has 0 saturated heterocycles. The summed E-state index contributed by atoms with van der Waals surface area (Å²) in [6.45, 7) is 3.42. The van der Waals surface area contributed by atoms with Crippen LogP contribution in [0.5, 0.6) is 0 Å². The number of benzene rings is 1. The summed E-state index contributed by atoms with van der Waals surface area (Å²) < 4.78 is 52.2. The molecule has 3 atom stereocenters. The molecule has 0 aromatic heterocycles. The molecular weight excluding hydrogens is 298 g/mol. The first-order valence-corrected chi connectivity index (χ1v) is 5.99. The summed E-state index contributed by atoms with van der Waals surface area (Å²) in [7, 11) is 0. The molecule has 0 aliphatic rings. The van der Waals surface area contributed by atoms with Crippen molar-refractivity contribution in [2.24, 2.45) is 11.7 Å². The van der Waals surface area contributed by atoms with E-state index in [9.17, 15) is 22.7 Å². The van der Waals surface area contributed by atoms with Gasteiger partial charge in [0.1, 0.15) is 5.82 Å². The van der Waals surface area contributed by atoms with Gasteiger partial charge in [0.15, 0.2) is 0 Å². The van der Waals surface area contributed by atoms with Crippen molar-refractivity contribution < 1.29 is 22.7 Å². The standard InChI is InChI=1S/C13H17F4NO.ClH/c1-3-7(2)12(19)11(18)10-8(13(15,16)17)5-4-6-9(10)14;/h4-7,11-12,19H,3,18H2,1-2H3;1H/t7?,11-,12+;/m0./s1. The quantitative estimate of drug-likeness (QED) is 0.833. The SMILES string of the molecule is CCC(C)[C@@H](O)[C@@H](N)c1c(F)cccc1C(F)(F)F.Cl. The van der Waals surface area contributed by atoms with Crippen molar-refractivity contribution in [1.29, 1.82) is 0 Å². The maximum absolute atomic E-state index is 13.7. The molecule has 3 N–H and O–H groups in total. The molecule has 0 saturated carbocycles. The summed E-state index contributed by atoms with van der Waals surface area (Å²) in [6, 6.07) is 1.24. The lowest BCUT2D eigenvalue weighted by molar-refractivity contribution is -0.139. The highest BCUT2D eigenvalue weighted by Gasteiger charge is 2.38. The Hall–Kier alpha value is -0.850. The highest BCUT2D eigenvalue weighted by Crippen LogP contribution is 2.37. The molecule has 0 bridgehead atoms. The van der Waals surface area contributed by atoms with Crippen LogP contribution in [0.1, 0.15) is 37.4 Å². The van der Waals surface area contributed by atoms with Gasteiger partial charge >= 0.3 is 6.18 Å². The molecule has 2 nitrogen and oxygen atoms in total. The number of alkyl halides is 3. The first-order chi connectivity index (χ1) is 8.70. The molecule has 0 heterocycles. The highest BCUT2D eigenvalue weighted by molar-refractivity contribution is 5.85. The van der Waals surface area contributed by atoms with E-state index in [1.165, 1.54) is 0 Å². The van der Waals surface area contributed by atoms with E-state index in [1.54, 1.807) is 13.8 Å². The third-order valence-corrected chi connectivity index (χ3v) is 3.29. The maximum Gasteiger partial charge on any atom is 0.416 e. The van der Waals surface area contributed by atoms with Crippen molar-refractivity contribution in [1.82, 2.24) is 0 Å². The van der Waals surface area contributed by atoms with Gasteiger partial charge in [0, 0.05) is 5.56 Å². The molecular formula is C13H18ClF4NO. The molecule has 0 fully saturated rings. The van der Waals surface area contributed by atoms with Crippen molar-refractivity contribution >= 4 is 12.4 Å². The average Bonchev–Trinajstić information content (AvgIpc) is 2.34. The molecule has 0 spiro atoms. The number of aliphatic hydroxyl groups is 1. The predicted molar refractivity (Wildman–Crippen MR) is 71.0 cm³/mol. The van der Waals surface area contributed by atoms with Crippen molar-refractivity contribution in [2.45, 2.75) is 38.6 Å². The van der Waals surface area contributed by atoms with Gasteiger partial charge in [-0.2, -0.15) is 13.2 Å². The molecule has 0 radical (unpaired) electrons. The van der Waals surface area contributed by atoms with Crippen LogP contribution in [-0.2, 0) is 6.18 Å². The lowest BCUT2D eigenvalue weighted by Crippen LogP contribution is -2.34. The molecule has 1 aromatic carbocycles. The Morgan fingerprint density at radius 1 is 1.30 bits per heavy atom. The van der Waals surface area contributed by atoms with E-state index in [2.05, 4.69) is 0 Å². The van der Waals surface area contributed by atoms with E-state index in [1.807, 2.05) is 0 Å². The van der Waals surface area contributed by atoms with Gasteiger partial charge in [0.05, 0.1) is 17.7 Å². The largest absolute Gasteiger partial charge is 0.416 e. The van der Waals surface area contributed by atoms with Crippen molar-refractivity contribution in [3.05, 3.63) is 35.1 Å². The Morgan fingerprint density at radius 2 is 1.85 bits per heavy atom. The average molecular weight is 316 g/mol. The summed E-state index contributed by atoms with van der Waals surface area (Å²) in [5, 5.41) is 9.90.